The number of nitrogens with zero attached hydrogens (tertiary/aromatic N) is 1. The van der Waals surface area contributed by atoms with Gasteiger partial charge >= 0.3 is 0 Å². The first-order valence-electron chi connectivity index (χ1n) is 6.18. The molecular weight excluding hydrogens is 224 g/mol. The maximum absolute atomic E-state index is 5.58. The molecule has 2 rings (SSSR count). The van der Waals surface area contributed by atoms with E-state index in [0.717, 1.165) is 30.3 Å². The fourth-order valence-electron chi connectivity index (χ4n) is 2.03. The zero-order chi connectivity index (χ0) is 13.0. The Morgan fingerprint density at radius 2 is 2.00 bits per heavy atom. The first-order chi connectivity index (χ1) is 8.67. The summed E-state index contributed by atoms with van der Waals surface area (Å²) in [5.41, 5.74) is 2.45. The molecule has 0 unspecified atom stereocenters. The highest BCUT2D eigenvalue weighted by Gasteiger charge is 2.05. The van der Waals surface area contributed by atoms with E-state index in [9.17, 15) is 0 Å². The average molecular weight is 244 g/mol. The minimum atomic E-state index is 0.831. The standard InChI is InChI=1S/C15H20N2O/c1-12-7-8-15(18-12)11-17(3)10-13-5-4-6-14(9-13)16-2/h4-9,16H,10-11H2,1-3H3. The Hall–Kier alpha value is -1.74. The summed E-state index contributed by atoms with van der Waals surface area (Å²) in [5, 5.41) is 3.16. The van der Waals surface area contributed by atoms with Crippen molar-refractivity contribution < 1.29 is 4.42 Å². The quantitative estimate of drug-likeness (QED) is 0.875. The molecule has 2 aromatic rings. The van der Waals surface area contributed by atoms with Crippen molar-refractivity contribution in [2.24, 2.45) is 0 Å². The van der Waals surface area contributed by atoms with E-state index in [0.29, 0.717) is 0 Å². The van der Waals surface area contributed by atoms with Gasteiger partial charge in [-0.25, -0.2) is 0 Å². The van der Waals surface area contributed by atoms with Crippen molar-refractivity contribution in [2.45, 2.75) is 20.0 Å². The van der Waals surface area contributed by atoms with E-state index in [2.05, 4.69) is 41.5 Å². The van der Waals surface area contributed by atoms with Crippen LogP contribution in [0.3, 0.4) is 0 Å². The van der Waals surface area contributed by atoms with Crippen molar-refractivity contribution in [1.82, 2.24) is 4.90 Å². The Labute approximate surface area is 108 Å². The molecule has 96 valence electrons. The molecule has 1 heterocycles. The third-order valence-corrected chi connectivity index (χ3v) is 2.89. The largest absolute Gasteiger partial charge is 0.465 e. The smallest absolute Gasteiger partial charge is 0.118 e. The predicted octanol–water partition coefficient (Wildman–Crippen LogP) is 3.26. The molecule has 0 aliphatic rings. The molecule has 0 aliphatic heterocycles. The van der Waals surface area contributed by atoms with Crippen molar-refractivity contribution in [3.8, 4) is 0 Å². The number of furan rings is 1. The van der Waals surface area contributed by atoms with Crippen molar-refractivity contribution in [1.29, 1.82) is 0 Å². The van der Waals surface area contributed by atoms with Crippen molar-refractivity contribution in [3.63, 3.8) is 0 Å². The van der Waals surface area contributed by atoms with Gasteiger partial charge in [-0.15, -0.1) is 0 Å². The zero-order valence-electron chi connectivity index (χ0n) is 11.2. The zero-order valence-corrected chi connectivity index (χ0v) is 11.2. The normalized spacial score (nSPS) is 10.9. The van der Waals surface area contributed by atoms with E-state index in [1.54, 1.807) is 0 Å². The average Bonchev–Trinajstić information content (AvgIpc) is 2.74. The van der Waals surface area contributed by atoms with Gasteiger partial charge in [-0.1, -0.05) is 12.1 Å². The molecule has 0 saturated heterocycles. The SMILES string of the molecule is CNc1cccc(CN(C)Cc2ccc(C)o2)c1. The molecular formula is C15H20N2O. The van der Waals surface area contributed by atoms with Crippen LogP contribution in [0.25, 0.3) is 0 Å². The lowest BCUT2D eigenvalue weighted by atomic mass is 10.2. The minimum absolute atomic E-state index is 0.831. The van der Waals surface area contributed by atoms with Crippen LogP contribution in [0.5, 0.6) is 0 Å². The van der Waals surface area contributed by atoms with Gasteiger partial charge < -0.3 is 9.73 Å². The van der Waals surface area contributed by atoms with Crippen LogP contribution in [0.4, 0.5) is 5.69 Å². The van der Waals surface area contributed by atoms with Crippen molar-refractivity contribution >= 4 is 5.69 Å². The van der Waals surface area contributed by atoms with E-state index in [-0.39, 0.29) is 0 Å². The number of aryl methyl sites for hydroxylation is 1. The van der Waals surface area contributed by atoms with Crippen LogP contribution in [-0.2, 0) is 13.1 Å². The second kappa shape index (κ2) is 5.74. The molecule has 0 fully saturated rings. The van der Waals surface area contributed by atoms with Gasteiger partial charge in [0.1, 0.15) is 11.5 Å². The summed E-state index contributed by atoms with van der Waals surface area (Å²) in [7, 11) is 4.04. The van der Waals surface area contributed by atoms with E-state index in [1.165, 1.54) is 5.56 Å². The second-order valence-corrected chi connectivity index (χ2v) is 4.64. The van der Waals surface area contributed by atoms with Crippen LogP contribution < -0.4 is 5.32 Å². The Balaban J connectivity index is 1.96. The van der Waals surface area contributed by atoms with Crippen LogP contribution in [0.2, 0.25) is 0 Å². The van der Waals surface area contributed by atoms with Crippen molar-refractivity contribution in [2.75, 3.05) is 19.4 Å². The molecule has 0 bridgehead atoms. The summed E-state index contributed by atoms with van der Waals surface area (Å²) in [6.45, 7) is 3.72. The number of hydrogen-bond acceptors (Lipinski definition) is 3. The fraction of sp³-hybridized carbons (Fsp3) is 0.333. The lowest BCUT2D eigenvalue weighted by Crippen LogP contribution is -2.16. The van der Waals surface area contributed by atoms with Crippen molar-refractivity contribution in [3.05, 3.63) is 53.5 Å². The Kier molecular flexibility index (Phi) is 4.05. The van der Waals surface area contributed by atoms with Gasteiger partial charge in [0.25, 0.3) is 0 Å². The minimum Gasteiger partial charge on any atom is -0.465 e. The third-order valence-electron chi connectivity index (χ3n) is 2.89. The molecule has 3 nitrogen and oxygen atoms in total. The van der Waals surface area contributed by atoms with Gasteiger partial charge in [0.05, 0.1) is 6.54 Å². The maximum Gasteiger partial charge on any atom is 0.118 e. The first-order valence-corrected chi connectivity index (χ1v) is 6.18. The lowest BCUT2D eigenvalue weighted by Gasteiger charge is -2.15. The van der Waals surface area contributed by atoms with Crippen LogP contribution >= 0.6 is 0 Å². The topological polar surface area (TPSA) is 28.4 Å². The van der Waals surface area contributed by atoms with Gasteiger partial charge in [-0.05, 0) is 43.8 Å². The molecule has 0 spiro atoms. The molecule has 0 atom stereocenters. The van der Waals surface area contributed by atoms with Crippen LogP contribution in [0.15, 0.2) is 40.8 Å². The molecule has 1 aromatic carbocycles. The predicted molar refractivity (Wildman–Crippen MR) is 74.6 cm³/mol. The molecule has 1 aromatic heterocycles. The molecule has 0 aliphatic carbocycles. The molecule has 1 N–H and O–H groups in total. The summed E-state index contributed by atoms with van der Waals surface area (Å²) in [6.07, 6.45) is 0. The Morgan fingerprint density at radius 3 is 2.67 bits per heavy atom. The summed E-state index contributed by atoms with van der Waals surface area (Å²) < 4.78 is 5.58. The number of rotatable bonds is 5. The monoisotopic (exact) mass is 244 g/mol. The molecule has 0 amide bonds. The van der Waals surface area contributed by atoms with E-state index in [1.807, 2.05) is 26.1 Å². The van der Waals surface area contributed by atoms with E-state index in [4.69, 9.17) is 4.42 Å². The van der Waals surface area contributed by atoms with E-state index >= 15 is 0 Å². The fourth-order valence-corrected chi connectivity index (χ4v) is 2.03. The summed E-state index contributed by atoms with van der Waals surface area (Å²) in [4.78, 5) is 2.24. The van der Waals surface area contributed by atoms with Crippen LogP contribution in [0, 0.1) is 6.92 Å². The van der Waals surface area contributed by atoms with E-state index < -0.39 is 0 Å². The number of anilines is 1. The van der Waals surface area contributed by atoms with Gasteiger partial charge in [-0.3, -0.25) is 4.90 Å². The van der Waals surface area contributed by atoms with Gasteiger partial charge in [-0.2, -0.15) is 0 Å². The first kappa shape index (κ1) is 12.7. The lowest BCUT2D eigenvalue weighted by molar-refractivity contribution is 0.285. The van der Waals surface area contributed by atoms with Gasteiger partial charge in [0.15, 0.2) is 0 Å². The highest BCUT2D eigenvalue weighted by molar-refractivity contribution is 5.44. The maximum atomic E-state index is 5.58. The molecule has 3 heteroatoms. The van der Waals surface area contributed by atoms with Gasteiger partial charge in [0.2, 0.25) is 0 Å². The summed E-state index contributed by atoms with van der Waals surface area (Å²) in [6, 6.07) is 12.5. The van der Waals surface area contributed by atoms with Gasteiger partial charge in [0, 0.05) is 19.3 Å². The molecule has 18 heavy (non-hydrogen) atoms. The third kappa shape index (κ3) is 3.37. The number of hydrogen-bond donors (Lipinski definition) is 1. The van der Waals surface area contributed by atoms with Crippen LogP contribution in [0.1, 0.15) is 17.1 Å². The highest BCUT2D eigenvalue weighted by Crippen LogP contribution is 2.14. The highest BCUT2D eigenvalue weighted by atomic mass is 16.3. The molecule has 0 radical (unpaired) electrons. The Morgan fingerprint density at radius 1 is 1.17 bits per heavy atom. The number of benzene rings is 1. The second-order valence-electron chi connectivity index (χ2n) is 4.64. The summed E-state index contributed by atoms with van der Waals surface area (Å²) >= 11 is 0. The summed E-state index contributed by atoms with van der Waals surface area (Å²) in [5.74, 6) is 1.98. The number of nitrogens with one attached hydrogen (secondary N) is 1. The molecule has 0 saturated carbocycles. The van der Waals surface area contributed by atoms with Crippen LogP contribution in [-0.4, -0.2) is 19.0 Å². The Bertz CT molecular complexity index is 505.